The summed E-state index contributed by atoms with van der Waals surface area (Å²) in [5.74, 6) is 3.45. The minimum absolute atomic E-state index is 0.548. The lowest BCUT2D eigenvalue weighted by Crippen LogP contribution is -2.39. The quantitative estimate of drug-likeness (QED) is 0.463. The second-order valence-corrected chi connectivity index (χ2v) is 7.51. The van der Waals surface area contributed by atoms with E-state index < -0.39 is 0 Å². The molecule has 0 spiro atoms. The summed E-state index contributed by atoms with van der Waals surface area (Å²) in [6, 6.07) is 13.3. The number of hydrogen-bond acceptors (Lipinski definition) is 6. The van der Waals surface area contributed by atoms with Crippen LogP contribution in [0.5, 0.6) is 11.5 Å². The molecule has 8 nitrogen and oxygen atoms in total. The number of benzene rings is 2. The number of fused-ring (bicyclic) bond motifs is 1. The maximum Gasteiger partial charge on any atom is 0.228 e. The van der Waals surface area contributed by atoms with Crippen LogP contribution in [0.4, 0.5) is 0 Å². The number of rotatable bonds is 6. The highest BCUT2D eigenvalue weighted by Gasteiger charge is 2.14. The first-order valence-corrected chi connectivity index (χ1v) is 10.4. The van der Waals surface area contributed by atoms with Crippen molar-refractivity contribution >= 4 is 17.6 Å². The fourth-order valence-electron chi connectivity index (χ4n) is 3.27. The topological polar surface area (TPSA) is 85.0 Å². The molecule has 0 atom stereocenters. The third-order valence-electron chi connectivity index (χ3n) is 4.79. The predicted octanol–water partition coefficient (Wildman–Crippen LogP) is 3.41. The Kier molecular flexibility index (Phi) is 6.57. The number of ether oxygens (including phenoxy) is 2. The van der Waals surface area contributed by atoms with Crippen molar-refractivity contribution in [3.05, 3.63) is 58.9 Å². The van der Waals surface area contributed by atoms with Gasteiger partial charge < -0.3 is 24.2 Å². The van der Waals surface area contributed by atoms with Gasteiger partial charge in [0.15, 0.2) is 17.5 Å². The van der Waals surface area contributed by atoms with E-state index in [2.05, 4.69) is 20.4 Å². The molecule has 1 aliphatic rings. The van der Waals surface area contributed by atoms with Gasteiger partial charge in [0.1, 0.15) is 13.2 Å². The van der Waals surface area contributed by atoms with Crippen LogP contribution in [0.1, 0.15) is 11.5 Å². The minimum atomic E-state index is 0.548. The van der Waals surface area contributed by atoms with Crippen molar-refractivity contribution < 1.29 is 14.0 Å². The maximum absolute atomic E-state index is 5.92. The van der Waals surface area contributed by atoms with E-state index in [-0.39, 0.29) is 0 Å². The fourth-order valence-corrected chi connectivity index (χ4v) is 3.40. The van der Waals surface area contributed by atoms with E-state index in [9.17, 15) is 0 Å². The van der Waals surface area contributed by atoms with Crippen molar-refractivity contribution in [3.8, 4) is 22.9 Å². The van der Waals surface area contributed by atoms with Crippen LogP contribution in [0.15, 0.2) is 52.0 Å². The van der Waals surface area contributed by atoms with Gasteiger partial charge in [0.05, 0.1) is 0 Å². The molecular formula is C22H24ClN5O3. The van der Waals surface area contributed by atoms with Crippen molar-refractivity contribution in [3.63, 3.8) is 0 Å². The molecule has 0 fully saturated rings. The molecule has 1 aliphatic heterocycles. The molecule has 0 radical (unpaired) electrons. The number of halogens is 1. The third kappa shape index (κ3) is 5.27. The Morgan fingerprint density at radius 1 is 1.13 bits per heavy atom. The molecule has 0 bridgehead atoms. The van der Waals surface area contributed by atoms with E-state index in [0.29, 0.717) is 49.5 Å². The molecule has 2 aromatic carbocycles. The average Bonchev–Trinajstić information content (AvgIpc) is 3.26. The van der Waals surface area contributed by atoms with Crippen LogP contribution in [-0.2, 0) is 13.0 Å². The Hall–Kier alpha value is -3.26. The number of nitrogens with zero attached hydrogens (tertiary/aromatic N) is 4. The molecule has 0 aliphatic carbocycles. The molecular weight excluding hydrogens is 418 g/mol. The third-order valence-corrected chi connectivity index (χ3v) is 5.04. The van der Waals surface area contributed by atoms with Crippen LogP contribution in [0, 0.1) is 0 Å². The molecule has 0 saturated heterocycles. The van der Waals surface area contributed by atoms with Gasteiger partial charge in [-0.1, -0.05) is 22.8 Å². The van der Waals surface area contributed by atoms with Gasteiger partial charge in [0.2, 0.25) is 11.7 Å². The van der Waals surface area contributed by atoms with E-state index in [4.69, 9.17) is 25.6 Å². The van der Waals surface area contributed by atoms with E-state index >= 15 is 0 Å². The summed E-state index contributed by atoms with van der Waals surface area (Å²) in [6.45, 7) is 2.45. The Bertz CT molecular complexity index is 1050. The Labute approximate surface area is 185 Å². The molecule has 0 unspecified atom stereocenters. The van der Waals surface area contributed by atoms with Gasteiger partial charge >= 0.3 is 0 Å². The van der Waals surface area contributed by atoms with Crippen LogP contribution < -0.4 is 14.8 Å². The predicted molar refractivity (Wildman–Crippen MR) is 119 cm³/mol. The number of aromatic nitrogens is 2. The average molecular weight is 442 g/mol. The Balaban J connectivity index is 1.30. The summed E-state index contributed by atoms with van der Waals surface area (Å²) in [6.07, 6.45) is 0.581. The van der Waals surface area contributed by atoms with Gasteiger partial charge in [-0.25, -0.2) is 0 Å². The van der Waals surface area contributed by atoms with Gasteiger partial charge in [0, 0.05) is 44.2 Å². The van der Waals surface area contributed by atoms with Crippen molar-refractivity contribution in [2.24, 2.45) is 4.99 Å². The number of nitrogens with one attached hydrogen (secondary N) is 1. The second-order valence-electron chi connectivity index (χ2n) is 7.08. The zero-order valence-corrected chi connectivity index (χ0v) is 18.2. The molecule has 0 saturated carbocycles. The largest absolute Gasteiger partial charge is 0.486 e. The summed E-state index contributed by atoms with van der Waals surface area (Å²) >= 11 is 5.92. The Morgan fingerprint density at radius 3 is 2.68 bits per heavy atom. The SMILES string of the molecule is CN=C(NCCc1nc(-c2ccc(Cl)cc2)no1)N(C)Cc1ccc2c(c1)OCCO2. The molecule has 2 heterocycles. The van der Waals surface area contributed by atoms with E-state index in [1.54, 1.807) is 19.2 Å². The summed E-state index contributed by atoms with van der Waals surface area (Å²) in [7, 11) is 3.74. The molecule has 9 heteroatoms. The van der Waals surface area contributed by atoms with Gasteiger partial charge in [-0.2, -0.15) is 4.98 Å². The van der Waals surface area contributed by atoms with E-state index in [1.807, 2.05) is 42.3 Å². The van der Waals surface area contributed by atoms with Gasteiger partial charge in [-0.15, -0.1) is 0 Å². The van der Waals surface area contributed by atoms with Crippen LogP contribution in [-0.4, -0.2) is 54.9 Å². The van der Waals surface area contributed by atoms with Gasteiger partial charge in [-0.05, 0) is 42.0 Å². The van der Waals surface area contributed by atoms with Crippen molar-refractivity contribution in [1.29, 1.82) is 0 Å². The molecule has 0 amide bonds. The highest BCUT2D eigenvalue weighted by molar-refractivity contribution is 6.30. The molecule has 3 aromatic rings. The smallest absolute Gasteiger partial charge is 0.228 e. The van der Waals surface area contributed by atoms with Crippen LogP contribution in [0.3, 0.4) is 0 Å². The first-order valence-electron chi connectivity index (χ1n) is 10.0. The number of aliphatic imine (C=N–C) groups is 1. The maximum atomic E-state index is 5.92. The monoisotopic (exact) mass is 441 g/mol. The lowest BCUT2D eigenvalue weighted by Gasteiger charge is -2.23. The van der Waals surface area contributed by atoms with Crippen LogP contribution in [0.25, 0.3) is 11.4 Å². The van der Waals surface area contributed by atoms with Crippen molar-refractivity contribution in [1.82, 2.24) is 20.4 Å². The van der Waals surface area contributed by atoms with E-state index in [1.165, 1.54) is 0 Å². The first-order chi connectivity index (χ1) is 15.1. The van der Waals surface area contributed by atoms with Crippen LogP contribution >= 0.6 is 11.6 Å². The molecule has 31 heavy (non-hydrogen) atoms. The molecule has 1 N–H and O–H groups in total. The lowest BCUT2D eigenvalue weighted by atomic mass is 10.2. The highest BCUT2D eigenvalue weighted by atomic mass is 35.5. The molecule has 162 valence electrons. The second kappa shape index (κ2) is 9.70. The van der Waals surface area contributed by atoms with Gasteiger partial charge in [-0.3, -0.25) is 4.99 Å². The zero-order valence-electron chi connectivity index (χ0n) is 17.5. The van der Waals surface area contributed by atoms with Crippen LogP contribution in [0.2, 0.25) is 5.02 Å². The van der Waals surface area contributed by atoms with Crippen molar-refractivity contribution in [2.75, 3.05) is 33.9 Å². The number of guanidine groups is 1. The first kappa shape index (κ1) is 21.0. The normalized spacial score (nSPS) is 13.2. The van der Waals surface area contributed by atoms with E-state index in [0.717, 1.165) is 28.6 Å². The minimum Gasteiger partial charge on any atom is -0.486 e. The zero-order chi connectivity index (χ0) is 21.6. The summed E-state index contributed by atoms with van der Waals surface area (Å²) < 4.78 is 16.6. The van der Waals surface area contributed by atoms with Crippen molar-refractivity contribution in [2.45, 2.75) is 13.0 Å². The Morgan fingerprint density at radius 2 is 1.90 bits per heavy atom. The lowest BCUT2D eigenvalue weighted by molar-refractivity contribution is 0.171. The summed E-state index contributed by atoms with van der Waals surface area (Å²) in [4.78, 5) is 10.8. The fraction of sp³-hybridized carbons (Fsp3) is 0.318. The molecule has 1 aromatic heterocycles. The molecule has 4 rings (SSSR count). The van der Waals surface area contributed by atoms with Gasteiger partial charge in [0.25, 0.3) is 0 Å². The number of hydrogen-bond donors (Lipinski definition) is 1. The summed E-state index contributed by atoms with van der Waals surface area (Å²) in [5, 5.41) is 8.04. The summed E-state index contributed by atoms with van der Waals surface area (Å²) in [5.41, 5.74) is 1.97. The standard InChI is InChI=1S/C22H24ClN5O3/c1-24-22(28(2)14-15-3-8-18-19(13-15)30-12-11-29-18)25-10-9-20-26-21(27-31-20)16-4-6-17(23)7-5-16/h3-8,13H,9-12,14H2,1-2H3,(H,24,25). The highest BCUT2D eigenvalue weighted by Crippen LogP contribution is 2.31.